The second-order valence-corrected chi connectivity index (χ2v) is 5.11. The van der Waals surface area contributed by atoms with E-state index in [0.29, 0.717) is 22.1 Å². The van der Waals surface area contributed by atoms with E-state index >= 15 is 0 Å². The van der Waals surface area contributed by atoms with Crippen molar-refractivity contribution in [2.24, 2.45) is 0 Å². The fourth-order valence-corrected chi connectivity index (χ4v) is 2.14. The quantitative estimate of drug-likeness (QED) is 0.818. The molecule has 0 radical (unpaired) electrons. The fourth-order valence-electron chi connectivity index (χ4n) is 1.95. The molecule has 2 N–H and O–H groups in total. The Kier molecular flexibility index (Phi) is 5.44. The molecule has 2 rings (SSSR count). The molecule has 7 heteroatoms. The van der Waals surface area contributed by atoms with Gasteiger partial charge >= 0.3 is 6.18 Å². The average molecular weight is 340 g/mol. The van der Waals surface area contributed by atoms with E-state index in [9.17, 15) is 13.2 Å². The number of nitrogens with one attached hydrogen (secondary N) is 2. The number of benzene rings is 2. The van der Waals surface area contributed by atoms with E-state index in [-0.39, 0.29) is 6.54 Å². The van der Waals surface area contributed by atoms with Crippen LogP contribution in [0.1, 0.15) is 11.1 Å². The summed E-state index contributed by atoms with van der Waals surface area (Å²) in [6, 6.07) is 12.3. The minimum atomic E-state index is -4.35. The Labute approximate surface area is 137 Å². The van der Waals surface area contributed by atoms with Crippen LogP contribution >= 0.6 is 12.2 Å². The molecular formula is C16H15F3N2OS. The van der Waals surface area contributed by atoms with E-state index in [2.05, 4.69) is 10.6 Å². The summed E-state index contributed by atoms with van der Waals surface area (Å²) in [6.45, 7) is 0.185. The Hall–Kier alpha value is -2.28. The van der Waals surface area contributed by atoms with Crippen molar-refractivity contribution in [3.8, 4) is 5.75 Å². The topological polar surface area (TPSA) is 33.3 Å². The minimum absolute atomic E-state index is 0.185. The average Bonchev–Trinajstić information content (AvgIpc) is 2.53. The molecule has 23 heavy (non-hydrogen) atoms. The van der Waals surface area contributed by atoms with Gasteiger partial charge in [0.15, 0.2) is 5.11 Å². The van der Waals surface area contributed by atoms with E-state index in [4.69, 9.17) is 17.0 Å². The third kappa shape index (κ3) is 4.85. The Bertz CT molecular complexity index is 689. The molecule has 0 amide bonds. The lowest BCUT2D eigenvalue weighted by Gasteiger charge is -2.14. The van der Waals surface area contributed by atoms with E-state index in [1.54, 1.807) is 25.3 Å². The largest absolute Gasteiger partial charge is 0.495 e. The number of hydrogen-bond donors (Lipinski definition) is 2. The molecule has 0 fully saturated rings. The van der Waals surface area contributed by atoms with Gasteiger partial charge in [-0.15, -0.1) is 0 Å². The Morgan fingerprint density at radius 1 is 1.13 bits per heavy atom. The summed E-state index contributed by atoms with van der Waals surface area (Å²) in [7, 11) is 1.54. The highest BCUT2D eigenvalue weighted by molar-refractivity contribution is 7.80. The van der Waals surface area contributed by atoms with Gasteiger partial charge in [-0.25, -0.2) is 0 Å². The maximum Gasteiger partial charge on any atom is 0.416 e. The predicted molar refractivity (Wildman–Crippen MR) is 87.5 cm³/mol. The molecule has 3 nitrogen and oxygen atoms in total. The normalized spacial score (nSPS) is 11.0. The number of thiocarbonyl (C=S) groups is 1. The molecule has 0 spiro atoms. The highest BCUT2D eigenvalue weighted by Crippen LogP contribution is 2.29. The van der Waals surface area contributed by atoms with Crippen LogP contribution in [0.5, 0.6) is 5.75 Å². The molecule has 0 aliphatic heterocycles. The number of halogens is 3. The summed E-state index contributed by atoms with van der Waals surface area (Å²) in [4.78, 5) is 0. The standard InChI is InChI=1S/C16H15F3N2OS/c1-22-14-8-3-2-7-13(14)21-15(23)20-10-11-5-4-6-12(9-11)16(17,18)19/h2-9H,10H2,1H3,(H2,20,21,23). The maximum absolute atomic E-state index is 12.7. The smallest absolute Gasteiger partial charge is 0.416 e. The highest BCUT2D eigenvalue weighted by atomic mass is 32.1. The molecular weight excluding hydrogens is 325 g/mol. The molecule has 2 aromatic rings. The first-order valence-corrected chi connectivity index (χ1v) is 7.15. The van der Waals surface area contributed by atoms with Gasteiger partial charge in [0.1, 0.15) is 5.75 Å². The van der Waals surface area contributed by atoms with Crippen LogP contribution in [0, 0.1) is 0 Å². The Balaban J connectivity index is 1.97. The van der Waals surface area contributed by atoms with Crippen molar-refractivity contribution in [2.45, 2.75) is 12.7 Å². The van der Waals surface area contributed by atoms with Crippen LogP contribution < -0.4 is 15.4 Å². The van der Waals surface area contributed by atoms with Crippen molar-refractivity contribution < 1.29 is 17.9 Å². The number of anilines is 1. The molecule has 0 aromatic heterocycles. The van der Waals surface area contributed by atoms with Crippen LogP contribution in [0.3, 0.4) is 0 Å². The molecule has 0 saturated carbocycles. The third-order valence-electron chi connectivity index (χ3n) is 3.06. The lowest BCUT2D eigenvalue weighted by Crippen LogP contribution is -2.28. The zero-order chi connectivity index (χ0) is 16.9. The van der Waals surface area contributed by atoms with Gasteiger partial charge in [0.05, 0.1) is 18.4 Å². The van der Waals surface area contributed by atoms with Gasteiger partial charge in [-0.2, -0.15) is 13.2 Å². The predicted octanol–water partition coefficient (Wildman–Crippen LogP) is 4.20. The van der Waals surface area contributed by atoms with Crippen molar-refractivity contribution in [3.05, 3.63) is 59.7 Å². The van der Waals surface area contributed by atoms with E-state index < -0.39 is 11.7 Å². The van der Waals surface area contributed by atoms with Crippen molar-refractivity contribution in [3.63, 3.8) is 0 Å². The van der Waals surface area contributed by atoms with Crippen LogP contribution in [-0.2, 0) is 12.7 Å². The van der Waals surface area contributed by atoms with Crippen LogP contribution in [0.4, 0.5) is 18.9 Å². The van der Waals surface area contributed by atoms with Gasteiger partial charge in [-0.1, -0.05) is 24.3 Å². The summed E-state index contributed by atoms with van der Waals surface area (Å²) in [5.74, 6) is 0.621. The summed E-state index contributed by atoms with van der Waals surface area (Å²) in [5.41, 5.74) is 0.487. The molecule has 0 bridgehead atoms. The second kappa shape index (κ2) is 7.32. The van der Waals surface area contributed by atoms with Crippen molar-refractivity contribution in [2.75, 3.05) is 12.4 Å². The zero-order valence-electron chi connectivity index (χ0n) is 12.3. The second-order valence-electron chi connectivity index (χ2n) is 4.71. The number of alkyl halides is 3. The van der Waals surface area contributed by atoms with Crippen LogP contribution in [0.15, 0.2) is 48.5 Å². The molecule has 0 unspecified atom stereocenters. The molecule has 0 heterocycles. The first kappa shape index (κ1) is 17.1. The Morgan fingerprint density at radius 2 is 1.87 bits per heavy atom. The number of ether oxygens (including phenoxy) is 1. The zero-order valence-corrected chi connectivity index (χ0v) is 13.1. The third-order valence-corrected chi connectivity index (χ3v) is 3.31. The number of rotatable bonds is 4. The van der Waals surface area contributed by atoms with Crippen LogP contribution in [-0.4, -0.2) is 12.2 Å². The maximum atomic E-state index is 12.7. The van der Waals surface area contributed by atoms with E-state index in [1.165, 1.54) is 6.07 Å². The van der Waals surface area contributed by atoms with Crippen molar-refractivity contribution in [1.29, 1.82) is 0 Å². The molecule has 0 aliphatic carbocycles. The summed E-state index contributed by atoms with van der Waals surface area (Å²) < 4.78 is 43.2. The molecule has 0 saturated heterocycles. The van der Waals surface area contributed by atoms with Gasteiger partial charge in [0, 0.05) is 6.54 Å². The first-order chi connectivity index (χ1) is 10.9. The summed E-state index contributed by atoms with van der Waals surface area (Å²) >= 11 is 5.15. The fraction of sp³-hybridized carbons (Fsp3) is 0.188. The van der Waals surface area contributed by atoms with E-state index in [0.717, 1.165) is 12.1 Å². The molecule has 122 valence electrons. The first-order valence-electron chi connectivity index (χ1n) is 6.74. The van der Waals surface area contributed by atoms with Gasteiger partial charge in [-0.05, 0) is 42.0 Å². The minimum Gasteiger partial charge on any atom is -0.495 e. The number of methoxy groups -OCH3 is 1. The van der Waals surface area contributed by atoms with Gasteiger partial charge in [0.25, 0.3) is 0 Å². The van der Waals surface area contributed by atoms with Gasteiger partial charge in [0.2, 0.25) is 0 Å². The van der Waals surface area contributed by atoms with E-state index in [1.807, 2.05) is 12.1 Å². The van der Waals surface area contributed by atoms with Crippen LogP contribution in [0.2, 0.25) is 0 Å². The van der Waals surface area contributed by atoms with Gasteiger partial charge in [-0.3, -0.25) is 0 Å². The summed E-state index contributed by atoms with van der Waals surface area (Å²) in [6.07, 6.45) is -4.35. The van der Waals surface area contributed by atoms with Crippen molar-refractivity contribution in [1.82, 2.24) is 5.32 Å². The van der Waals surface area contributed by atoms with Gasteiger partial charge < -0.3 is 15.4 Å². The highest BCUT2D eigenvalue weighted by Gasteiger charge is 2.30. The monoisotopic (exact) mass is 340 g/mol. The summed E-state index contributed by atoms with van der Waals surface area (Å²) in [5, 5.41) is 6.12. The molecule has 0 atom stereocenters. The molecule has 0 aliphatic rings. The van der Waals surface area contributed by atoms with Crippen LogP contribution in [0.25, 0.3) is 0 Å². The number of hydrogen-bond acceptors (Lipinski definition) is 2. The lowest BCUT2D eigenvalue weighted by atomic mass is 10.1. The Morgan fingerprint density at radius 3 is 2.57 bits per heavy atom. The number of para-hydroxylation sites is 2. The molecule has 2 aromatic carbocycles. The van der Waals surface area contributed by atoms with Crippen molar-refractivity contribution >= 4 is 23.0 Å². The SMILES string of the molecule is COc1ccccc1NC(=S)NCc1cccc(C(F)(F)F)c1. The lowest BCUT2D eigenvalue weighted by molar-refractivity contribution is -0.137.